The number of hydrogen-bond acceptors (Lipinski definition) is 5. The second-order valence-corrected chi connectivity index (χ2v) is 5.81. The minimum atomic E-state index is -0.613. The molecule has 0 spiro atoms. The van der Waals surface area contributed by atoms with Gasteiger partial charge in [0.15, 0.2) is 11.3 Å². The standard InChI is InChI=1S/C18H18BrNO5/c1-23-14-4-2-13(3-5-14)10-11-20-17(21)12-24-18(22)9-7-15-6-8-16(19)25-15/h2-9H,10-12H2,1H3,(H,20,21)/b9-7+. The number of esters is 1. The normalized spacial score (nSPS) is 10.6. The number of ether oxygens (including phenoxy) is 2. The molecule has 1 N–H and O–H groups in total. The Balaban J connectivity index is 1.64. The Bertz CT molecular complexity index is 736. The zero-order valence-electron chi connectivity index (χ0n) is 13.7. The second-order valence-electron chi connectivity index (χ2n) is 5.03. The summed E-state index contributed by atoms with van der Waals surface area (Å²) in [5, 5.41) is 2.70. The first-order chi connectivity index (χ1) is 12.1. The molecule has 0 aliphatic rings. The fraction of sp³-hybridized carbons (Fsp3) is 0.222. The summed E-state index contributed by atoms with van der Waals surface area (Å²) in [5.74, 6) is 0.330. The molecule has 1 heterocycles. The first kappa shape index (κ1) is 18.8. The topological polar surface area (TPSA) is 77.8 Å². The van der Waals surface area contributed by atoms with Gasteiger partial charge in [0.25, 0.3) is 5.91 Å². The monoisotopic (exact) mass is 407 g/mol. The van der Waals surface area contributed by atoms with E-state index in [2.05, 4.69) is 21.2 Å². The van der Waals surface area contributed by atoms with E-state index >= 15 is 0 Å². The van der Waals surface area contributed by atoms with E-state index in [0.717, 1.165) is 11.3 Å². The number of halogens is 1. The maximum Gasteiger partial charge on any atom is 0.331 e. The highest BCUT2D eigenvalue weighted by atomic mass is 79.9. The highest BCUT2D eigenvalue weighted by Crippen LogP contribution is 2.15. The Morgan fingerprint density at radius 3 is 2.60 bits per heavy atom. The van der Waals surface area contributed by atoms with E-state index in [1.165, 1.54) is 12.2 Å². The molecule has 1 aromatic carbocycles. The molecule has 2 rings (SSSR count). The first-order valence-corrected chi connectivity index (χ1v) is 8.36. The summed E-state index contributed by atoms with van der Waals surface area (Å²) in [4.78, 5) is 23.2. The first-order valence-electron chi connectivity index (χ1n) is 7.56. The lowest BCUT2D eigenvalue weighted by Crippen LogP contribution is -2.30. The van der Waals surface area contributed by atoms with Gasteiger partial charge < -0.3 is 19.2 Å². The third-order valence-electron chi connectivity index (χ3n) is 3.22. The van der Waals surface area contributed by atoms with E-state index in [-0.39, 0.29) is 12.5 Å². The Morgan fingerprint density at radius 1 is 1.20 bits per heavy atom. The van der Waals surface area contributed by atoms with Gasteiger partial charge in [-0.15, -0.1) is 0 Å². The van der Waals surface area contributed by atoms with E-state index in [0.29, 0.717) is 23.4 Å². The molecule has 0 aliphatic carbocycles. The average Bonchev–Trinajstić information content (AvgIpc) is 3.04. The Labute approximate surface area is 153 Å². The molecule has 0 radical (unpaired) electrons. The lowest BCUT2D eigenvalue weighted by atomic mass is 10.1. The maximum atomic E-state index is 11.7. The van der Waals surface area contributed by atoms with Crippen molar-refractivity contribution in [2.45, 2.75) is 6.42 Å². The van der Waals surface area contributed by atoms with Gasteiger partial charge in [0.05, 0.1) is 7.11 Å². The molecule has 0 bridgehead atoms. The number of carbonyl (C=O) groups excluding carboxylic acids is 2. The summed E-state index contributed by atoms with van der Waals surface area (Å²) in [5.41, 5.74) is 1.07. The van der Waals surface area contributed by atoms with Crippen LogP contribution < -0.4 is 10.1 Å². The predicted molar refractivity (Wildman–Crippen MR) is 96.1 cm³/mol. The van der Waals surface area contributed by atoms with E-state index < -0.39 is 5.97 Å². The molecule has 25 heavy (non-hydrogen) atoms. The second kappa shape index (κ2) is 9.68. The molecule has 0 unspecified atom stereocenters. The van der Waals surface area contributed by atoms with Gasteiger partial charge in [0, 0.05) is 12.6 Å². The van der Waals surface area contributed by atoms with Crippen LogP contribution >= 0.6 is 15.9 Å². The van der Waals surface area contributed by atoms with Crippen LogP contribution in [0.1, 0.15) is 11.3 Å². The molecule has 132 valence electrons. The Hall–Kier alpha value is -2.54. The summed E-state index contributed by atoms with van der Waals surface area (Å²) in [7, 11) is 1.61. The van der Waals surface area contributed by atoms with Crippen LogP contribution in [0.4, 0.5) is 0 Å². The summed E-state index contributed by atoms with van der Waals surface area (Å²) in [6, 6.07) is 11.0. The van der Waals surface area contributed by atoms with Crippen LogP contribution in [0.5, 0.6) is 5.75 Å². The van der Waals surface area contributed by atoms with Crippen LogP contribution in [0.2, 0.25) is 0 Å². The number of hydrogen-bond donors (Lipinski definition) is 1. The molecule has 1 aromatic heterocycles. The third kappa shape index (κ3) is 6.84. The van der Waals surface area contributed by atoms with Crippen molar-refractivity contribution >= 4 is 33.9 Å². The van der Waals surface area contributed by atoms with E-state index in [9.17, 15) is 9.59 Å². The summed E-state index contributed by atoms with van der Waals surface area (Å²) in [6.07, 6.45) is 3.35. The molecular weight excluding hydrogens is 390 g/mol. The van der Waals surface area contributed by atoms with Crippen molar-refractivity contribution in [3.05, 3.63) is 58.5 Å². The minimum absolute atomic E-state index is 0.326. The van der Waals surface area contributed by atoms with Gasteiger partial charge in [0.2, 0.25) is 0 Å². The van der Waals surface area contributed by atoms with Gasteiger partial charge in [-0.1, -0.05) is 12.1 Å². The van der Waals surface area contributed by atoms with Crippen LogP contribution in [0.3, 0.4) is 0 Å². The molecule has 1 amide bonds. The van der Waals surface area contributed by atoms with Crippen LogP contribution in [-0.2, 0) is 20.7 Å². The lowest BCUT2D eigenvalue weighted by molar-refractivity contribution is -0.143. The molecule has 0 saturated carbocycles. The molecule has 0 saturated heterocycles. The van der Waals surface area contributed by atoms with E-state index in [4.69, 9.17) is 13.9 Å². The van der Waals surface area contributed by atoms with E-state index in [1.807, 2.05) is 24.3 Å². The highest BCUT2D eigenvalue weighted by Gasteiger charge is 2.05. The SMILES string of the molecule is COc1ccc(CCNC(=O)COC(=O)/C=C/c2ccc(Br)o2)cc1. The molecule has 0 aliphatic heterocycles. The Morgan fingerprint density at radius 2 is 1.96 bits per heavy atom. The van der Waals surface area contributed by atoms with Crippen LogP contribution in [0.15, 0.2) is 51.6 Å². The lowest BCUT2D eigenvalue weighted by Gasteiger charge is -2.06. The van der Waals surface area contributed by atoms with Crippen molar-refractivity contribution in [3.8, 4) is 5.75 Å². The molecule has 2 aromatic rings. The molecule has 0 atom stereocenters. The van der Waals surface area contributed by atoms with Gasteiger partial charge in [0.1, 0.15) is 11.5 Å². The number of benzene rings is 1. The zero-order valence-corrected chi connectivity index (χ0v) is 15.2. The van der Waals surface area contributed by atoms with Crippen molar-refractivity contribution < 1.29 is 23.5 Å². The van der Waals surface area contributed by atoms with Crippen molar-refractivity contribution in [2.24, 2.45) is 0 Å². The minimum Gasteiger partial charge on any atom is -0.497 e. The Kier molecular flexibility index (Phi) is 7.28. The largest absolute Gasteiger partial charge is 0.497 e. The average molecular weight is 408 g/mol. The van der Waals surface area contributed by atoms with Crippen LogP contribution in [0, 0.1) is 0 Å². The van der Waals surface area contributed by atoms with Crippen LogP contribution in [0.25, 0.3) is 6.08 Å². The van der Waals surface area contributed by atoms with Gasteiger partial charge in [-0.3, -0.25) is 4.79 Å². The van der Waals surface area contributed by atoms with Gasteiger partial charge in [-0.25, -0.2) is 4.79 Å². The summed E-state index contributed by atoms with van der Waals surface area (Å²) < 4.78 is 15.7. The number of amides is 1. The van der Waals surface area contributed by atoms with Crippen molar-refractivity contribution in [1.29, 1.82) is 0 Å². The van der Waals surface area contributed by atoms with Gasteiger partial charge in [-0.05, 0) is 58.3 Å². The molecular formula is C18H18BrNO5. The highest BCUT2D eigenvalue weighted by molar-refractivity contribution is 9.10. The molecule has 0 fully saturated rings. The van der Waals surface area contributed by atoms with Crippen LogP contribution in [-0.4, -0.2) is 32.1 Å². The number of furan rings is 1. The maximum absolute atomic E-state index is 11.7. The number of methoxy groups -OCH3 is 1. The quantitative estimate of drug-likeness (QED) is 0.537. The van der Waals surface area contributed by atoms with Crippen molar-refractivity contribution in [2.75, 3.05) is 20.3 Å². The molecule has 6 nitrogen and oxygen atoms in total. The number of rotatable bonds is 8. The van der Waals surface area contributed by atoms with Gasteiger partial charge in [-0.2, -0.15) is 0 Å². The number of carbonyl (C=O) groups is 2. The fourth-order valence-electron chi connectivity index (χ4n) is 1.94. The third-order valence-corrected chi connectivity index (χ3v) is 3.64. The van der Waals surface area contributed by atoms with Gasteiger partial charge >= 0.3 is 5.97 Å². The fourth-order valence-corrected chi connectivity index (χ4v) is 2.26. The summed E-state index contributed by atoms with van der Waals surface area (Å²) in [6.45, 7) is 0.132. The predicted octanol–water partition coefficient (Wildman–Crippen LogP) is 2.97. The summed E-state index contributed by atoms with van der Waals surface area (Å²) >= 11 is 3.16. The van der Waals surface area contributed by atoms with Crippen molar-refractivity contribution in [1.82, 2.24) is 5.32 Å². The van der Waals surface area contributed by atoms with Crippen molar-refractivity contribution in [3.63, 3.8) is 0 Å². The smallest absolute Gasteiger partial charge is 0.331 e. The molecule has 7 heteroatoms. The zero-order chi connectivity index (χ0) is 18.1. The number of nitrogens with one attached hydrogen (secondary N) is 1. The van der Waals surface area contributed by atoms with E-state index in [1.54, 1.807) is 19.2 Å².